The van der Waals surface area contributed by atoms with E-state index in [4.69, 9.17) is 14.4 Å². The molecule has 0 aliphatic rings. The van der Waals surface area contributed by atoms with E-state index in [1.807, 2.05) is 24.3 Å². The molecule has 0 aliphatic heterocycles. The van der Waals surface area contributed by atoms with Gasteiger partial charge in [-0.3, -0.25) is 0 Å². The molecule has 1 aromatic carbocycles. The lowest BCUT2D eigenvalue weighted by atomic mass is 10.2. The van der Waals surface area contributed by atoms with Crippen LogP contribution in [0.4, 0.5) is 0 Å². The lowest BCUT2D eigenvalue weighted by Gasteiger charge is -2.00. The average molecular weight is 283 g/mol. The molecule has 0 atom stereocenters. The molecule has 106 valence electrons. The largest absolute Gasteiger partial charge is 0.497 e. The van der Waals surface area contributed by atoms with E-state index < -0.39 is 5.97 Å². The molecule has 2 aromatic rings. The summed E-state index contributed by atoms with van der Waals surface area (Å²) in [7, 11) is 2.82. The first-order valence-corrected chi connectivity index (χ1v) is 6.12. The van der Waals surface area contributed by atoms with Crippen LogP contribution in [0.5, 0.6) is 5.75 Å². The molecule has 0 radical (unpaired) electrons. The molecule has 5 nitrogen and oxygen atoms in total. The highest BCUT2D eigenvalue weighted by Crippen LogP contribution is 2.25. The molecule has 0 saturated heterocycles. The Morgan fingerprint density at radius 3 is 2.48 bits per heavy atom. The van der Waals surface area contributed by atoms with E-state index in [9.17, 15) is 4.79 Å². The molecule has 0 fully saturated rings. The molecular formula is C16H13NO4. The highest BCUT2D eigenvalue weighted by Gasteiger charge is 2.10. The standard InChI is InChI=1S/C16H13NO4/c1-19-13-5-3-11(4-6-13)15-8-7-14(21-15)9-12(10-17)16(18)20-2/h3-9H,1-2H3. The SMILES string of the molecule is COC(=O)C(C#N)=Cc1ccc(-c2ccc(OC)cc2)o1. The van der Waals surface area contributed by atoms with E-state index in [1.54, 1.807) is 25.3 Å². The van der Waals surface area contributed by atoms with Crippen molar-refractivity contribution in [2.24, 2.45) is 0 Å². The van der Waals surface area contributed by atoms with Crippen LogP contribution in [0.15, 0.2) is 46.4 Å². The molecular weight excluding hydrogens is 270 g/mol. The van der Waals surface area contributed by atoms with Crippen molar-refractivity contribution in [3.63, 3.8) is 0 Å². The van der Waals surface area contributed by atoms with Crippen molar-refractivity contribution in [2.45, 2.75) is 0 Å². The van der Waals surface area contributed by atoms with Gasteiger partial charge in [-0.1, -0.05) is 0 Å². The normalized spacial score (nSPS) is 10.8. The maximum absolute atomic E-state index is 11.3. The number of carbonyl (C=O) groups is 1. The number of furan rings is 1. The van der Waals surface area contributed by atoms with E-state index in [0.29, 0.717) is 11.5 Å². The summed E-state index contributed by atoms with van der Waals surface area (Å²) >= 11 is 0. The van der Waals surface area contributed by atoms with Gasteiger partial charge in [0.2, 0.25) is 0 Å². The quantitative estimate of drug-likeness (QED) is 0.490. The molecule has 1 aromatic heterocycles. The maximum Gasteiger partial charge on any atom is 0.348 e. The third-order valence-corrected chi connectivity index (χ3v) is 2.81. The second-order valence-corrected chi connectivity index (χ2v) is 4.09. The Morgan fingerprint density at radius 1 is 1.19 bits per heavy atom. The van der Waals surface area contributed by atoms with Crippen molar-refractivity contribution in [3.8, 4) is 23.1 Å². The van der Waals surface area contributed by atoms with Crippen molar-refractivity contribution in [1.82, 2.24) is 0 Å². The Labute approximate surface area is 122 Å². The van der Waals surface area contributed by atoms with Gasteiger partial charge in [0, 0.05) is 11.6 Å². The minimum Gasteiger partial charge on any atom is -0.497 e. The van der Waals surface area contributed by atoms with Crippen molar-refractivity contribution in [3.05, 3.63) is 47.7 Å². The van der Waals surface area contributed by atoms with Crippen molar-refractivity contribution in [2.75, 3.05) is 14.2 Å². The fourth-order valence-corrected chi connectivity index (χ4v) is 1.73. The molecule has 21 heavy (non-hydrogen) atoms. The molecule has 0 aliphatic carbocycles. The number of methoxy groups -OCH3 is 2. The number of nitriles is 1. The highest BCUT2D eigenvalue weighted by molar-refractivity contribution is 5.97. The van der Waals surface area contributed by atoms with Crippen LogP contribution in [0.2, 0.25) is 0 Å². The van der Waals surface area contributed by atoms with Crippen LogP contribution in [0.3, 0.4) is 0 Å². The Morgan fingerprint density at radius 2 is 1.90 bits per heavy atom. The van der Waals surface area contributed by atoms with Gasteiger partial charge in [-0.05, 0) is 36.4 Å². The minimum atomic E-state index is -0.695. The van der Waals surface area contributed by atoms with Gasteiger partial charge < -0.3 is 13.9 Å². The van der Waals surface area contributed by atoms with Crippen LogP contribution in [-0.2, 0) is 9.53 Å². The first kappa shape index (κ1) is 14.4. The van der Waals surface area contributed by atoms with Crippen LogP contribution in [0.25, 0.3) is 17.4 Å². The first-order valence-electron chi connectivity index (χ1n) is 6.12. The fourth-order valence-electron chi connectivity index (χ4n) is 1.73. The zero-order valence-electron chi connectivity index (χ0n) is 11.6. The van der Waals surface area contributed by atoms with E-state index >= 15 is 0 Å². The summed E-state index contributed by atoms with van der Waals surface area (Å²) in [4.78, 5) is 11.3. The molecule has 0 amide bonds. The van der Waals surface area contributed by atoms with Crippen LogP contribution < -0.4 is 4.74 Å². The summed E-state index contributed by atoms with van der Waals surface area (Å²) in [6.07, 6.45) is 1.35. The molecule has 1 heterocycles. The van der Waals surface area contributed by atoms with Gasteiger partial charge in [0.05, 0.1) is 14.2 Å². The zero-order chi connectivity index (χ0) is 15.2. The molecule has 0 N–H and O–H groups in total. The number of nitrogens with zero attached hydrogens (tertiary/aromatic N) is 1. The number of hydrogen-bond acceptors (Lipinski definition) is 5. The van der Waals surface area contributed by atoms with Gasteiger partial charge in [-0.15, -0.1) is 0 Å². The third kappa shape index (κ3) is 3.31. The maximum atomic E-state index is 11.3. The highest BCUT2D eigenvalue weighted by atomic mass is 16.5. The average Bonchev–Trinajstić information content (AvgIpc) is 3.00. The summed E-state index contributed by atoms with van der Waals surface area (Å²) in [5, 5.41) is 8.90. The number of carbonyl (C=O) groups excluding carboxylic acids is 1. The van der Waals surface area contributed by atoms with E-state index in [1.165, 1.54) is 13.2 Å². The monoisotopic (exact) mass is 283 g/mol. The van der Waals surface area contributed by atoms with Crippen LogP contribution in [-0.4, -0.2) is 20.2 Å². The Hall–Kier alpha value is -3.00. The number of benzene rings is 1. The fraction of sp³-hybridized carbons (Fsp3) is 0.125. The first-order chi connectivity index (χ1) is 10.2. The summed E-state index contributed by atoms with van der Waals surface area (Å²) in [5.74, 6) is 1.09. The van der Waals surface area contributed by atoms with E-state index in [0.717, 1.165) is 11.3 Å². The molecule has 5 heteroatoms. The van der Waals surface area contributed by atoms with Gasteiger partial charge in [0.1, 0.15) is 28.9 Å². The van der Waals surface area contributed by atoms with Crippen LogP contribution in [0, 0.1) is 11.3 Å². The lowest BCUT2D eigenvalue weighted by molar-refractivity contribution is -0.135. The molecule has 0 bridgehead atoms. The molecule has 2 rings (SSSR count). The Bertz CT molecular complexity index is 705. The van der Waals surface area contributed by atoms with E-state index in [-0.39, 0.29) is 5.57 Å². The third-order valence-electron chi connectivity index (χ3n) is 2.81. The number of ether oxygens (including phenoxy) is 2. The summed E-state index contributed by atoms with van der Waals surface area (Å²) in [6, 6.07) is 12.6. The van der Waals surface area contributed by atoms with Crippen molar-refractivity contribution < 1.29 is 18.7 Å². The predicted octanol–water partition coefficient (Wildman–Crippen LogP) is 3.04. The lowest BCUT2D eigenvalue weighted by Crippen LogP contribution is -2.02. The number of rotatable bonds is 4. The Balaban J connectivity index is 2.27. The zero-order valence-corrected chi connectivity index (χ0v) is 11.6. The van der Waals surface area contributed by atoms with E-state index in [2.05, 4.69) is 4.74 Å². The molecule has 0 spiro atoms. The molecule has 0 saturated carbocycles. The summed E-state index contributed by atoms with van der Waals surface area (Å²) in [5.41, 5.74) is 0.750. The van der Waals surface area contributed by atoms with Crippen LogP contribution >= 0.6 is 0 Å². The van der Waals surface area contributed by atoms with Crippen molar-refractivity contribution in [1.29, 1.82) is 5.26 Å². The van der Waals surface area contributed by atoms with Gasteiger partial charge in [0.25, 0.3) is 0 Å². The second kappa shape index (κ2) is 6.44. The number of esters is 1. The predicted molar refractivity (Wildman–Crippen MR) is 76.3 cm³/mol. The van der Waals surface area contributed by atoms with Crippen LogP contribution in [0.1, 0.15) is 5.76 Å². The summed E-state index contributed by atoms with van der Waals surface area (Å²) < 4.78 is 15.2. The number of hydrogen-bond donors (Lipinski definition) is 0. The molecule has 0 unspecified atom stereocenters. The topological polar surface area (TPSA) is 72.5 Å². The van der Waals surface area contributed by atoms with Gasteiger partial charge in [-0.25, -0.2) is 4.79 Å². The van der Waals surface area contributed by atoms with Gasteiger partial charge >= 0.3 is 5.97 Å². The second-order valence-electron chi connectivity index (χ2n) is 4.09. The van der Waals surface area contributed by atoms with Gasteiger partial charge in [-0.2, -0.15) is 5.26 Å². The van der Waals surface area contributed by atoms with Gasteiger partial charge in [0.15, 0.2) is 0 Å². The smallest absolute Gasteiger partial charge is 0.348 e. The minimum absolute atomic E-state index is 0.117. The Kier molecular flexibility index (Phi) is 4.42. The summed E-state index contributed by atoms with van der Waals surface area (Å²) in [6.45, 7) is 0. The van der Waals surface area contributed by atoms with Crippen molar-refractivity contribution >= 4 is 12.0 Å².